The van der Waals surface area contributed by atoms with Gasteiger partial charge in [0.2, 0.25) is 65.0 Å². The maximum atomic E-state index is 14.9. The molecule has 1 aliphatic heterocycles. The van der Waals surface area contributed by atoms with Gasteiger partial charge >= 0.3 is 17.9 Å². The third-order valence-corrected chi connectivity index (χ3v) is 18.9. The highest BCUT2D eigenvalue weighted by Crippen LogP contribution is 2.25. The third kappa shape index (κ3) is 32.9. The lowest BCUT2D eigenvalue weighted by Gasteiger charge is -2.29. The summed E-state index contributed by atoms with van der Waals surface area (Å²) in [5.41, 5.74) is 12.6. The Kier molecular flexibility index (Phi) is 41.0. The Hall–Kier alpha value is -12.1. The van der Waals surface area contributed by atoms with E-state index in [0.29, 0.717) is 35.7 Å². The van der Waals surface area contributed by atoms with Gasteiger partial charge in [-0.3, -0.25) is 91.1 Å². The van der Waals surface area contributed by atoms with E-state index in [-0.39, 0.29) is 49.9 Å². The molecular weight excluding hydrogens is 1510 g/mol. The van der Waals surface area contributed by atoms with Gasteiger partial charge in [0.05, 0.1) is 56.5 Å². The molecule has 0 aliphatic carbocycles. The van der Waals surface area contributed by atoms with Crippen LogP contribution < -0.4 is 64.6 Å². The first-order chi connectivity index (χ1) is 54.6. The van der Waals surface area contributed by atoms with Crippen molar-refractivity contribution in [3.05, 3.63) is 65.9 Å². The number of unbranched alkanes of at least 4 members (excludes halogenated alkanes) is 7. The Morgan fingerprint density at radius 2 is 1.23 bits per heavy atom. The minimum Gasteiger partial charge on any atom is -0.481 e. The zero-order chi connectivity index (χ0) is 85.4. The van der Waals surface area contributed by atoms with Crippen LogP contribution in [0, 0.1) is 23.7 Å². The topological polar surface area (TPSA) is 618 Å². The molecule has 115 heavy (non-hydrogen) atoms. The number of aliphatic carboxylic acids is 2. The Balaban J connectivity index is 1.87. The lowest BCUT2D eigenvalue weighted by Crippen LogP contribution is -2.57. The number of H-pyrrole nitrogens is 1. The molecule has 1 saturated heterocycles. The number of primary amides is 1. The van der Waals surface area contributed by atoms with Gasteiger partial charge in [-0.2, -0.15) is 0 Å². The summed E-state index contributed by atoms with van der Waals surface area (Å²) >= 11 is 0. The number of Topliss-reactive ketones (excluding diaryl/α,β-unsaturated/α-hetero) is 4. The van der Waals surface area contributed by atoms with Crippen LogP contribution >= 0.6 is 0 Å². The summed E-state index contributed by atoms with van der Waals surface area (Å²) in [6.45, 7) is 1.81. The fourth-order valence-corrected chi connectivity index (χ4v) is 12.4. The maximum Gasteiger partial charge on any atom is 0.329 e. The molecule has 3 aromatic rings. The summed E-state index contributed by atoms with van der Waals surface area (Å²) in [6.07, 6.45) is -1.30. The number of para-hydroxylation sites is 2. The van der Waals surface area contributed by atoms with Crippen molar-refractivity contribution in [1.82, 2.24) is 58.2 Å². The predicted molar refractivity (Wildman–Crippen MR) is 405 cm³/mol. The van der Waals surface area contributed by atoms with Gasteiger partial charge in [-0.1, -0.05) is 102 Å². The average Bonchev–Trinajstić information content (AvgIpc) is 1.28. The fraction of sp³-hybridized carbons (Fsp3) is 0.553. The van der Waals surface area contributed by atoms with Crippen LogP contribution in [0.25, 0.3) is 10.9 Å². The highest BCUT2D eigenvalue weighted by molar-refractivity contribution is 6.05. The molecule has 1 aromatic heterocycles. The molecule has 0 spiro atoms. The van der Waals surface area contributed by atoms with Gasteiger partial charge in [0.15, 0.2) is 23.1 Å². The monoisotopic (exact) mass is 1620 g/mol. The van der Waals surface area contributed by atoms with Crippen LogP contribution in [0.4, 0.5) is 5.69 Å². The van der Waals surface area contributed by atoms with Crippen molar-refractivity contribution >= 4 is 136 Å². The molecule has 0 saturated carbocycles. The van der Waals surface area contributed by atoms with Crippen LogP contribution in [0.1, 0.15) is 166 Å². The van der Waals surface area contributed by atoms with Crippen LogP contribution in [0.5, 0.6) is 0 Å². The number of carboxylic acids is 2. The standard InChI is InChI=1S/C76H105N13O26/c1-6-8-10-11-12-13-14-24-63(98)84-54(26-45-33-79-51-23-18-16-19-47(45)51)74(110)86-53(32-62(78)97)60(95)27-44(29-67(103)104)70(106)89-68-43(5)115-76(112)55(31-58(93)48-20-15-17-21-50(48)77)87-72(108)49(41(3)25-66(101)102)30-61(96)56(36-90)85-65(100)34-80-73(109)57(38-114-40-92)88-69(105)42(4)82-71(107)46(37-113-39-91)28-59(94)52(22-9-7-2)83-64(99)35-81-75(68)111/h15-21,23,33,39-44,46,49,52-57,68,79,90H,6-14,22,24-32,34-38,77H2,1-5H3,(H2,78,97)(H,80,109)(H,81,111)(H,82,107)(H,83,99)(H,84,98)(H,85,100)(H,86,110)(H,87,108)(H,88,105)(H,89,106)(H,101,102)(H,103,104)/t41-,42-,43-,44+,46+,49+,52+,53-,54+,55+,56-,57+,68+/m1/s1. The number of aromatic amines is 1. The minimum atomic E-state index is -2.34. The number of cyclic esters (lactones) is 1. The Bertz CT molecular complexity index is 3960. The second-order valence-corrected chi connectivity index (χ2v) is 28.0. The zero-order valence-corrected chi connectivity index (χ0v) is 64.7. The first-order valence-corrected chi connectivity index (χ1v) is 37.7. The number of nitrogens with one attached hydrogen (secondary N) is 11. The normalized spacial score (nSPS) is 21.3. The van der Waals surface area contributed by atoms with E-state index in [9.17, 15) is 111 Å². The number of ketones is 4. The molecule has 2 aromatic carbocycles. The predicted octanol–water partition coefficient (Wildman–Crippen LogP) is -1.50. The molecule has 0 bridgehead atoms. The summed E-state index contributed by atoms with van der Waals surface area (Å²) < 4.78 is 15.3. The molecule has 11 amide bonds. The van der Waals surface area contributed by atoms with E-state index >= 15 is 0 Å². The number of fused-ring (bicyclic) bond motifs is 1. The highest BCUT2D eigenvalue weighted by Gasteiger charge is 2.41. The highest BCUT2D eigenvalue weighted by atomic mass is 16.5. The number of nitrogens with two attached hydrogens (primary N) is 2. The van der Waals surface area contributed by atoms with Crippen LogP contribution in [-0.2, 0) is 112 Å². The Labute approximate surface area is 661 Å². The number of amides is 11. The number of anilines is 1. The molecule has 39 nitrogen and oxygen atoms in total. The van der Waals surface area contributed by atoms with Crippen molar-refractivity contribution in [3.8, 4) is 0 Å². The van der Waals surface area contributed by atoms with E-state index in [1.54, 1.807) is 37.4 Å². The smallest absolute Gasteiger partial charge is 0.329 e. The van der Waals surface area contributed by atoms with Crippen molar-refractivity contribution in [1.29, 1.82) is 0 Å². The Morgan fingerprint density at radius 1 is 0.626 bits per heavy atom. The van der Waals surface area contributed by atoms with Crippen molar-refractivity contribution in [3.63, 3.8) is 0 Å². The first kappa shape index (κ1) is 95.3. The number of carbonyl (C=O) groups is 20. The third-order valence-electron chi connectivity index (χ3n) is 18.9. The molecule has 630 valence electrons. The summed E-state index contributed by atoms with van der Waals surface area (Å²) in [7, 11) is 0. The van der Waals surface area contributed by atoms with E-state index in [0.717, 1.165) is 46.0 Å². The number of nitrogen functional groups attached to an aromatic ring is 1. The number of benzene rings is 2. The van der Waals surface area contributed by atoms with Gasteiger partial charge in [0.1, 0.15) is 55.6 Å². The van der Waals surface area contributed by atoms with E-state index in [1.807, 2.05) is 0 Å². The number of carbonyl (C=O) groups excluding carboxylic acids is 18. The zero-order valence-electron chi connectivity index (χ0n) is 64.7. The number of ether oxygens (including phenoxy) is 3. The second kappa shape index (κ2) is 49.4. The molecule has 18 N–H and O–H groups in total. The number of hydrogen-bond donors (Lipinski definition) is 16. The number of aliphatic hydroxyl groups is 1. The first-order valence-electron chi connectivity index (χ1n) is 37.7. The molecule has 4 rings (SSSR count). The summed E-state index contributed by atoms with van der Waals surface area (Å²) in [5, 5.41) is 54.3. The number of rotatable bonds is 38. The minimum absolute atomic E-state index is 0.00842. The average molecular weight is 1620 g/mol. The maximum absolute atomic E-state index is 14.9. The fourth-order valence-electron chi connectivity index (χ4n) is 12.4. The SMILES string of the molecule is CCCCCCCCCC(=O)N[C@@H](Cc1c[nH]c2ccccc12)C(=O)N[C@H](CC(N)=O)C(=O)C[C@@H](CC(=O)O)C(=O)N[C@@H]1C(=O)NCC(=O)N[C@@H](CCCC)C(=O)C[C@@H](COC=O)C(=O)N[C@H](C)C(=O)N[C@@H](COC=O)C(=O)NCC(=O)N[C@H](CO)C(=O)C[C@@H]([C@H](C)CC(=O)O)C(=O)N[C@@H](CC(=O)c2ccccc2N)C(=O)O[C@@H]1C. The van der Waals surface area contributed by atoms with Crippen molar-refractivity contribution in [2.75, 3.05) is 38.6 Å². The van der Waals surface area contributed by atoms with Crippen molar-refractivity contribution < 1.29 is 125 Å². The lowest BCUT2D eigenvalue weighted by molar-refractivity contribution is -0.156. The number of hydrogen-bond acceptors (Lipinski definition) is 25. The van der Waals surface area contributed by atoms with Crippen LogP contribution in [0.3, 0.4) is 0 Å². The van der Waals surface area contributed by atoms with Gasteiger partial charge in [-0.15, -0.1) is 0 Å². The molecule has 0 unspecified atom stereocenters. The van der Waals surface area contributed by atoms with Crippen LogP contribution in [-0.4, -0.2) is 227 Å². The molecule has 13 atom stereocenters. The van der Waals surface area contributed by atoms with E-state index in [4.69, 9.17) is 25.7 Å². The van der Waals surface area contributed by atoms with Crippen LogP contribution in [0.2, 0.25) is 0 Å². The number of carboxylic acid groups (broad SMARTS) is 2. The van der Waals surface area contributed by atoms with Crippen LogP contribution in [0.15, 0.2) is 54.7 Å². The largest absolute Gasteiger partial charge is 0.481 e. The molecule has 1 aliphatic rings. The van der Waals surface area contributed by atoms with Crippen molar-refractivity contribution in [2.45, 2.75) is 211 Å². The molecule has 0 radical (unpaired) electrons. The van der Waals surface area contributed by atoms with Gasteiger partial charge in [-0.05, 0) is 56.4 Å². The Morgan fingerprint density at radius 3 is 1.86 bits per heavy atom. The van der Waals surface area contributed by atoms with Gasteiger partial charge < -0.3 is 99.1 Å². The van der Waals surface area contributed by atoms with E-state index in [2.05, 4.69) is 65.1 Å². The van der Waals surface area contributed by atoms with Gasteiger partial charge in [0, 0.05) is 79.2 Å². The molecular formula is C76H105N13O26. The van der Waals surface area contributed by atoms with Crippen molar-refractivity contribution in [2.24, 2.45) is 29.4 Å². The second-order valence-electron chi connectivity index (χ2n) is 28.0. The summed E-state index contributed by atoms with van der Waals surface area (Å²) in [4.78, 5) is 276. The molecule has 1 fully saturated rings. The quantitative estimate of drug-likeness (QED) is 0.00775. The molecule has 39 heteroatoms. The summed E-state index contributed by atoms with van der Waals surface area (Å²) in [5.74, 6) is -29.0. The number of esters is 1. The molecule has 2 heterocycles. The van der Waals surface area contributed by atoms with Gasteiger partial charge in [-0.25, -0.2) is 4.79 Å². The van der Waals surface area contributed by atoms with E-state index in [1.165, 1.54) is 31.2 Å². The lowest BCUT2D eigenvalue weighted by atomic mass is 9.84. The number of aliphatic hydroxyl groups excluding tert-OH is 1. The number of aromatic nitrogens is 1. The summed E-state index contributed by atoms with van der Waals surface area (Å²) in [6, 6.07) is -2.46. The van der Waals surface area contributed by atoms with Gasteiger partial charge in [0.25, 0.3) is 12.9 Å². The van der Waals surface area contributed by atoms with E-state index < -0.39 is 262 Å².